The Bertz CT molecular complexity index is 1960. The number of imidazole rings is 1. The van der Waals surface area contributed by atoms with Gasteiger partial charge in [-0.1, -0.05) is 58.5 Å². The van der Waals surface area contributed by atoms with Gasteiger partial charge in [0.05, 0.1) is 26.4 Å². The Labute approximate surface area is 262 Å². The molecule has 0 saturated heterocycles. The minimum Gasteiger partial charge on any atom is -0.315 e. The van der Waals surface area contributed by atoms with Crippen molar-refractivity contribution < 1.29 is 4.79 Å². The van der Waals surface area contributed by atoms with Gasteiger partial charge in [-0.25, -0.2) is 19.8 Å². The molecule has 0 radical (unpaired) electrons. The average Bonchev–Trinajstić information content (AvgIpc) is 3.37. The van der Waals surface area contributed by atoms with Gasteiger partial charge in [0, 0.05) is 37.7 Å². The van der Waals surface area contributed by atoms with Crippen molar-refractivity contribution in [3.63, 3.8) is 0 Å². The number of halogens is 4. The van der Waals surface area contributed by atoms with Crippen molar-refractivity contribution in [2.24, 2.45) is 24.1 Å². The molecule has 0 fully saturated rings. The van der Waals surface area contributed by atoms with Crippen LogP contribution in [0.5, 0.6) is 0 Å². The van der Waals surface area contributed by atoms with Crippen LogP contribution >= 0.6 is 46.4 Å². The zero-order valence-corrected chi connectivity index (χ0v) is 25.2. The largest absolute Gasteiger partial charge is 0.332 e. The van der Waals surface area contributed by atoms with Crippen LogP contribution < -0.4 is 16.6 Å². The van der Waals surface area contributed by atoms with E-state index in [1.54, 1.807) is 36.4 Å². The second-order valence-electron chi connectivity index (χ2n) is 8.84. The van der Waals surface area contributed by atoms with Crippen molar-refractivity contribution in [3.05, 3.63) is 94.8 Å². The van der Waals surface area contributed by atoms with Crippen LogP contribution in [-0.4, -0.2) is 52.0 Å². The van der Waals surface area contributed by atoms with E-state index >= 15 is 0 Å². The van der Waals surface area contributed by atoms with Crippen LogP contribution in [-0.2, 0) is 25.4 Å². The van der Waals surface area contributed by atoms with Gasteiger partial charge in [-0.2, -0.15) is 15.0 Å². The number of hydrogen-bond acceptors (Lipinski definition) is 9. The zero-order chi connectivity index (χ0) is 30.8. The van der Waals surface area contributed by atoms with Crippen LogP contribution in [0, 0.1) is 0 Å². The van der Waals surface area contributed by atoms with Gasteiger partial charge in [0.25, 0.3) is 17.5 Å². The monoisotopic (exact) mass is 658 g/mol. The molecule has 0 aliphatic heterocycles. The lowest BCUT2D eigenvalue weighted by molar-refractivity contribution is -0.116. The Morgan fingerprint density at radius 1 is 0.837 bits per heavy atom. The van der Waals surface area contributed by atoms with Crippen LogP contribution in [0.1, 0.15) is 11.1 Å². The smallest absolute Gasteiger partial charge is 0.315 e. The van der Waals surface area contributed by atoms with Gasteiger partial charge in [0.1, 0.15) is 6.54 Å². The molecule has 2 aromatic carbocycles. The zero-order valence-electron chi connectivity index (χ0n) is 22.2. The molecule has 43 heavy (non-hydrogen) atoms. The van der Waals surface area contributed by atoms with Crippen molar-refractivity contribution in [1.82, 2.24) is 33.6 Å². The molecule has 0 atom stereocenters. The number of anilines is 1. The van der Waals surface area contributed by atoms with Gasteiger partial charge in [-0.05, 0) is 24.3 Å². The Morgan fingerprint density at radius 2 is 1.35 bits per heavy atom. The molecule has 0 aliphatic carbocycles. The number of fused-ring (bicyclic) bond motifs is 1. The van der Waals surface area contributed by atoms with Gasteiger partial charge < -0.3 is 4.57 Å². The number of aliphatic imine (C=N–C) groups is 2. The molecule has 1 N–H and O–H groups in total. The first-order valence-corrected chi connectivity index (χ1v) is 13.7. The summed E-state index contributed by atoms with van der Waals surface area (Å²) in [6.45, 7) is -0.350. The SMILES string of the molecule is Cn1c(=O)c2c(ncn2CC(=O)Nc2nc(N=Cc3c(Cl)cccc3Cl)nc(N=Cc3c(Cl)cccc3Cl)n2)n(C)c1=O. The van der Waals surface area contributed by atoms with E-state index < -0.39 is 17.2 Å². The fraction of sp³-hybridized carbons (Fsp3) is 0.115. The number of carbonyl (C=O) groups is 1. The molecule has 3 heterocycles. The van der Waals surface area contributed by atoms with E-state index in [9.17, 15) is 14.4 Å². The van der Waals surface area contributed by atoms with Crippen LogP contribution in [0.2, 0.25) is 20.1 Å². The fourth-order valence-corrected chi connectivity index (χ4v) is 4.86. The lowest BCUT2D eigenvalue weighted by Crippen LogP contribution is -2.37. The van der Waals surface area contributed by atoms with E-state index in [1.807, 2.05) is 0 Å². The number of nitrogens with one attached hydrogen (secondary N) is 1. The van der Waals surface area contributed by atoms with Crippen LogP contribution in [0.25, 0.3) is 11.2 Å². The number of carbonyl (C=O) groups excluding carboxylic acids is 1. The van der Waals surface area contributed by atoms with Gasteiger partial charge in [0.15, 0.2) is 11.2 Å². The second kappa shape index (κ2) is 12.4. The van der Waals surface area contributed by atoms with E-state index in [-0.39, 0.29) is 35.6 Å². The van der Waals surface area contributed by atoms with Crippen molar-refractivity contribution in [1.29, 1.82) is 0 Å². The van der Waals surface area contributed by atoms with E-state index in [2.05, 4.69) is 35.2 Å². The number of aromatic nitrogens is 7. The second-order valence-corrected chi connectivity index (χ2v) is 10.5. The third kappa shape index (κ3) is 6.34. The topological polar surface area (TPSA) is 154 Å². The summed E-state index contributed by atoms with van der Waals surface area (Å²) in [6.07, 6.45) is 4.01. The fourth-order valence-electron chi connectivity index (χ4n) is 3.87. The predicted molar refractivity (Wildman–Crippen MR) is 166 cm³/mol. The third-order valence-electron chi connectivity index (χ3n) is 6.01. The number of hydrogen-bond donors (Lipinski definition) is 1. The number of nitrogens with zero attached hydrogens (tertiary/aromatic N) is 9. The normalized spacial score (nSPS) is 11.7. The molecular formula is C26H18Cl4N10O3. The first-order valence-electron chi connectivity index (χ1n) is 12.2. The molecule has 3 aromatic heterocycles. The molecule has 0 bridgehead atoms. The minimum absolute atomic E-state index is 0.0687. The molecule has 5 rings (SSSR count). The molecule has 0 aliphatic rings. The number of aryl methyl sites for hydroxylation is 1. The van der Waals surface area contributed by atoms with Crippen molar-refractivity contribution >= 4 is 93.7 Å². The summed E-state index contributed by atoms with van der Waals surface area (Å²) in [4.78, 5) is 63.2. The Balaban J connectivity index is 1.49. The Hall–Kier alpha value is -4.43. The average molecular weight is 660 g/mol. The summed E-state index contributed by atoms with van der Waals surface area (Å²) in [5.41, 5.74) is -0.103. The van der Waals surface area contributed by atoms with E-state index in [4.69, 9.17) is 46.4 Å². The van der Waals surface area contributed by atoms with Crippen molar-refractivity contribution in [2.75, 3.05) is 5.32 Å². The van der Waals surface area contributed by atoms with Crippen LogP contribution in [0.4, 0.5) is 17.8 Å². The number of rotatable bonds is 7. The third-order valence-corrected chi connectivity index (χ3v) is 7.33. The van der Waals surface area contributed by atoms with Crippen LogP contribution in [0.3, 0.4) is 0 Å². The molecule has 17 heteroatoms. The molecule has 0 saturated carbocycles. The number of amides is 1. The maximum atomic E-state index is 13.0. The first-order chi connectivity index (χ1) is 20.5. The van der Waals surface area contributed by atoms with Crippen molar-refractivity contribution in [3.8, 4) is 0 Å². The quantitative estimate of drug-likeness (QED) is 0.254. The minimum atomic E-state index is -0.616. The van der Waals surface area contributed by atoms with E-state index in [0.717, 1.165) is 4.57 Å². The molecule has 5 aromatic rings. The van der Waals surface area contributed by atoms with Gasteiger partial charge in [-0.3, -0.25) is 24.0 Å². The first kappa shape index (κ1) is 30.0. The highest BCUT2D eigenvalue weighted by atomic mass is 35.5. The Morgan fingerprint density at radius 3 is 1.86 bits per heavy atom. The molecule has 0 spiro atoms. The summed E-state index contributed by atoms with van der Waals surface area (Å²) in [6, 6.07) is 9.93. The van der Waals surface area contributed by atoms with Crippen molar-refractivity contribution in [2.45, 2.75) is 6.54 Å². The summed E-state index contributed by atoms with van der Waals surface area (Å²) in [5.74, 6) is -1.07. The summed E-state index contributed by atoms with van der Waals surface area (Å²) in [5, 5.41) is 3.94. The standard InChI is InChI=1S/C26H18Cl4N10O3/c1-38-21-20(22(42)39(2)26(38)43)40(12-33-21)11-19(41)34-25-36-23(31-9-13-15(27)5-3-6-16(13)28)35-24(37-25)32-10-14-17(29)7-4-8-18(14)30/h3-10,12H,11H2,1-2H3,(H,34,35,36,37,41). The molecule has 218 valence electrons. The predicted octanol–water partition coefficient (Wildman–Crippen LogP) is 4.37. The summed E-state index contributed by atoms with van der Waals surface area (Å²) < 4.78 is 3.45. The lowest BCUT2D eigenvalue weighted by Gasteiger charge is -2.08. The van der Waals surface area contributed by atoms with Gasteiger partial charge >= 0.3 is 5.69 Å². The number of benzene rings is 2. The maximum Gasteiger partial charge on any atom is 0.332 e. The Kier molecular flexibility index (Phi) is 8.69. The lowest BCUT2D eigenvalue weighted by atomic mass is 10.2. The molecule has 0 unspecified atom stereocenters. The van der Waals surface area contributed by atoms with E-state index in [1.165, 1.54) is 42.0 Å². The molecular weight excluding hydrogens is 642 g/mol. The summed E-state index contributed by atoms with van der Waals surface area (Å²) in [7, 11) is 2.81. The highest BCUT2D eigenvalue weighted by Crippen LogP contribution is 2.25. The van der Waals surface area contributed by atoms with E-state index in [0.29, 0.717) is 31.2 Å². The highest BCUT2D eigenvalue weighted by Gasteiger charge is 2.17. The van der Waals surface area contributed by atoms with Gasteiger partial charge in [0.2, 0.25) is 11.9 Å². The summed E-state index contributed by atoms with van der Waals surface area (Å²) >= 11 is 25.0. The highest BCUT2D eigenvalue weighted by molar-refractivity contribution is 6.39. The molecule has 1 amide bonds. The molecule has 13 nitrogen and oxygen atoms in total. The van der Waals surface area contributed by atoms with Crippen LogP contribution in [0.15, 0.2) is 62.3 Å². The van der Waals surface area contributed by atoms with Gasteiger partial charge in [-0.15, -0.1) is 0 Å². The maximum absolute atomic E-state index is 13.0.